The van der Waals surface area contributed by atoms with Crippen molar-refractivity contribution in [1.82, 2.24) is 5.32 Å². The van der Waals surface area contributed by atoms with E-state index in [4.69, 9.17) is 10.00 Å². The fourth-order valence-corrected chi connectivity index (χ4v) is 1.27. The maximum absolute atomic E-state index is 13.1. The number of carbonyl (C=O) groups excluding carboxylic acids is 1. The van der Waals surface area contributed by atoms with E-state index in [0.29, 0.717) is 12.2 Å². The fourth-order valence-electron chi connectivity index (χ4n) is 1.27. The highest BCUT2D eigenvalue weighted by Gasteiger charge is 2.04. The zero-order chi connectivity index (χ0) is 13.4. The van der Waals surface area contributed by atoms with E-state index < -0.39 is 5.82 Å². The molecule has 0 unspecified atom stereocenters. The minimum absolute atomic E-state index is 0.0558. The largest absolute Gasteiger partial charge is 0.494 e. The Morgan fingerprint density at radius 1 is 1.56 bits per heavy atom. The number of hydrogen-bond acceptors (Lipinski definition) is 4. The summed E-state index contributed by atoms with van der Waals surface area (Å²) < 4.78 is 17.9. The number of rotatable bonds is 6. The number of carbonyl (C=O) groups is 1. The van der Waals surface area contributed by atoms with Gasteiger partial charge in [-0.2, -0.15) is 5.26 Å². The molecule has 0 spiro atoms. The molecule has 6 heteroatoms. The lowest BCUT2D eigenvalue weighted by molar-refractivity contribution is -0.119. The zero-order valence-corrected chi connectivity index (χ0v) is 10.00. The van der Waals surface area contributed by atoms with Crippen LogP contribution in [0.3, 0.4) is 0 Å². The molecule has 0 aliphatic carbocycles. The van der Waals surface area contributed by atoms with Gasteiger partial charge in [0.15, 0.2) is 11.6 Å². The Kier molecular flexibility index (Phi) is 5.45. The van der Waals surface area contributed by atoms with Gasteiger partial charge in [0.2, 0.25) is 5.91 Å². The molecular formula is C12H14FN3O2. The van der Waals surface area contributed by atoms with Gasteiger partial charge < -0.3 is 15.4 Å². The van der Waals surface area contributed by atoms with E-state index in [1.165, 1.54) is 25.3 Å². The highest BCUT2D eigenvalue weighted by Crippen LogP contribution is 2.21. The third kappa shape index (κ3) is 4.29. The van der Waals surface area contributed by atoms with Crippen LogP contribution in [0.5, 0.6) is 5.75 Å². The first-order valence-corrected chi connectivity index (χ1v) is 5.38. The Morgan fingerprint density at radius 2 is 2.33 bits per heavy atom. The first kappa shape index (κ1) is 13.8. The topological polar surface area (TPSA) is 74.2 Å². The molecule has 0 aliphatic rings. The van der Waals surface area contributed by atoms with Crippen LogP contribution in [0, 0.1) is 17.1 Å². The number of anilines is 1. The molecule has 5 nitrogen and oxygen atoms in total. The Hall–Kier alpha value is -2.29. The monoisotopic (exact) mass is 251 g/mol. The lowest BCUT2D eigenvalue weighted by Crippen LogP contribution is -2.30. The van der Waals surface area contributed by atoms with E-state index in [0.717, 1.165) is 0 Å². The highest BCUT2D eigenvalue weighted by atomic mass is 19.1. The molecule has 0 bridgehead atoms. The van der Waals surface area contributed by atoms with Crippen LogP contribution >= 0.6 is 0 Å². The molecule has 0 fully saturated rings. The summed E-state index contributed by atoms with van der Waals surface area (Å²) >= 11 is 0. The highest BCUT2D eigenvalue weighted by molar-refractivity contribution is 5.80. The fraction of sp³-hybridized carbons (Fsp3) is 0.333. The second-order valence-electron chi connectivity index (χ2n) is 3.46. The summed E-state index contributed by atoms with van der Waals surface area (Å²) in [6.45, 7) is 0.379. The lowest BCUT2D eigenvalue weighted by atomic mass is 10.3. The SMILES string of the molecule is COc1cc(NCC(=O)NCCC#N)ccc1F. The van der Waals surface area contributed by atoms with Gasteiger partial charge in [-0.15, -0.1) is 0 Å². The van der Waals surface area contributed by atoms with Crippen LogP contribution in [0.4, 0.5) is 10.1 Å². The molecule has 0 saturated carbocycles. The van der Waals surface area contributed by atoms with Gasteiger partial charge in [0, 0.05) is 18.3 Å². The van der Waals surface area contributed by atoms with Gasteiger partial charge in [-0.1, -0.05) is 0 Å². The standard InChI is InChI=1S/C12H14FN3O2/c1-18-11-7-9(3-4-10(11)13)16-8-12(17)15-6-2-5-14/h3-4,7,16H,2,6,8H2,1H3,(H,15,17). The molecule has 2 N–H and O–H groups in total. The molecule has 0 aliphatic heterocycles. The number of halogens is 1. The van der Waals surface area contributed by atoms with Crippen molar-refractivity contribution in [3.8, 4) is 11.8 Å². The van der Waals surface area contributed by atoms with Crippen LogP contribution in [0.1, 0.15) is 6.42 Å². The van der Waals surface area contributed by atoms with E-state index in [-0.39, 0.29) is 24.6 Å². The van der Waals surface area contributed by atoms with Crippen molar-refractivity contribution < 1.29 is 13.9 Å². The maximum Gasteiger partial charge on any atom is 0.239 e. The van der Waals surface area contributed by atoms with Crippen molar-refractivity contribution in [3.63, 3.8) is 0 Å². The van der Waals surface area contributed by atoms with Crippen molar-refractivity contribution in [2.45, 2.75) is 6.42 Å². The number of hydrogen-bond donors (Lipinski definition) is 2. The van der Waals surface area contributed by atoms with E-state index in [2.05, 4.69) is 10.6 Å². The summed E-state index contributed by atoms with van der Waals surface area (Å²) in [4.78, 5) is 11.3. The van der Waals surface area contributed by atoms with E-state index >= 15 is 0 Å². The molecular weight excluding hydrogens is 237 g/mol. The number of ether oxygens (including phenoxy) is 1. The molecule has 0 heterocycles. The molecule has 0 saturated heterocycles. The summed E-state index contributed by atoms with van der Waals surface area (Å²) in [7, 11) is 1.37. The molecule has 0 radical (unpaired) electrons. The first-order valence-electron chi connectivity index (χ1n) is 5.38. The van der Waals surface area contributed by atoms with Gasteiger partial charge in [-0.25, -0.2) is 4.39 Å². The lowest BCUT2D eigenvalue weighted by Gasteiger charge is -2.08. The summed E-state index contributed by atoms with van der Waals surface area (Å²) in [6.07, 6.45) is 0.274. The van der Waals surface area contributed by atoms with Crippen LogP contribution in [0.25, 0.3) is 0 Å². The van der Waals surface area contributed by atoms with Crippen LogP contribution in [0.15, 0.2) is 18.2 Å². The minimum atomic E-state index is -0.457. The first-order chi connectivity index (χ1) is 8.67. The number of nitrogens with zero attached hydrogens (tertiary/aromatic N) is 1. The van der Waals surface area contributed by atoms with Gasteiger partial charge in [-0.05, 0) is 12.1 Å². The van der Waals surface area contributed by atoms with Gasteiger partial charge in [0.25, 0.3) is 0 Å². The van der Waals surface area contributed by atoms with E-state index in [1.54, 1.807) is 0 Å². The molecule has 1 amide bonds. The molecule has 18 heavy (non-hydrogen) atoms. The predicted molar refractivity (Wildman–Crippen MR) is 64.7 cm³/mol. The van der Waals surface area contributed by atoms with Crippen molar-refractivity contribution in [2.24, 2.45) is 0 Å². The van der Waals surface area contributed by atoms with Crippen LogP contribution in [-0.2, 0) is 4.79 Å². The number of amides is 1. The number of nitriles is 1. The van der Waals surface area contributed by atoms with E-state index in [9.17, 15) is 9.18 Å². The van der Waals surface area contributed by atoms with Crippen LogP contribution < -0.4 is 15.4 Å². The molecule has 0 atom stereocenters. The van der Waals surface area contributed by atoms with Crippen molar-refractivity contribution in [1.29, 1.82) is 5.26 Å². The van der Waals surface area contributed by atoms with Gasteiger partial charge in [-0.3, -0.25) is 4.79 Å². The second kappa shape index (κ2) is 7.12. The van der Waals surface area contributed by atoms with Gasteiger partial charge in [0.05, 0.1) is 26.1 Å². The average Bonchev–Trinajstić information content (AvgIpc) is 2.38. The van der Waals surface area contributed by atoms with Crippen LogP contribution in [0.2, 0.25) is 0 Å². The van der Waals surface area contributed by atoms with Gasteiger partial charge >= 0.3 is 0 Å². The van der Waals surface area contributed by atoms with Crippen LogP contribution in [-0.4, -0.2) is 26.1 Å². The molecule has 1 rings (SSSR count). The van der Waals surface area contributed by atoms with Crippen molar-refractivity contribution >= 4 is 11.6 Å². The van der Waals surface area contributed by atoms with Crippen molar-refractivity contribution in [2.75, 3.05) is 25.5 Å². The minimum Gasteiger partial charge on any atom is -0.494 e. The Bertz CT molecular complexity index is 457. The Balaban J connectivity index is 2.44. The third-order valence-electron chi connectivity index (χ3n) is 2.16. The number of nitrogens with one attached hydrogen (secondary N) is 2. The smallest absolute Gasteiger partial charge is 0.239 e. The third-order valence-corrected chi connectivity index (χ3v) is 2.16. The summed E-state index contributed by atoms with van der Waals surface area (Å²) in [5.74, 6) is -0.569. The van der Waals surface area contributed by atoms with E-state index in [1.807, 2.05) is 6.07 Å². The Morgan fingerprint density at radius 3 is 3.00 bits per heavy atom. The average molecular weight is 251 g/mol. The summed E-state index contributed by atoms with van der Waals surface area (Å²) in [6, 6.07) is 6.17. The summed E-state index contributed by atoms with van der Waals surface area (Å²) in [5.41, 5.74) is 0.587. The van der Waals surface area contributed by atoms with Crippen molar-refractivity contribution in [3.05, 3.63) is 24.0 Å². The normalized spacial score (nSPS) is 9.39. The molecule has 96 valence electrons. The number of benzene rings is 1. The number of methoxy groups -OCH3 is 1. The quantitative estimate of drug-likeness (QED) is 0.747. The Labute approximate surface area is 105 Å². The molecule has 0 aromatic heterocycles. The van der Waals surface area contributed by atoms with Gasteiger partial charge in [0.1, 0.15) is 0 Å². The second-order valence-corrected chi connectivity index (χ2v) is 3.46. The predicted octanol–water partition coefficient (Wildman–Crippen LogP) is 1.28. The molecule has 1 aromatic carbocycles. The summed E-state index contributed by atoms with van der Waals surface area (Å²) in [5, 5.41) is 13.7. The maximum atomic E-state index is 13.1. The molecule has 1 aromatic rings. The zero-order valence-electron chi connectivity index (χ0n) is 10.00.